The van der Waals surface area contributed by atoms with Crippen LogP contribution in [0.3, 0.4) is 0 Å². The Morgan fingerprint density at radius 1 is 1.19 bits per heavy atom. The molecule has 0 amide bonds. The van der Waals surface area contributed by atoms with Crippen molar-refractivity contribution in [2.24, 2.45) is 0 Å². The SMILES string of the molecule is [B]c1cccc2nc(C(F)(F)F)c(Cl)nc12. The summed E-state index contributed by atoms with van der Waals surface area (Å²) in [4.78, 5) is 7.01. The second-order valence-electron chi connectivity index (χ2n) is 3.08. The van der Waals surface area contributed by atoms with E-state index >= 15 is 0 Å². The predicted octanol–water partition coefficient (Wildman–Crippen LogP) is 2.10. The number of aromatic nitrogens is 2. The van der Waals surface area contributed by atoms with Gasteiger partial charge in [0.25, 0.3) is 0 Å². The fourth-order valence-corrected chi connectivity index (χ4v) is 1.49. The first-order chi connectivity index (χ1) is 7.39. The van der Waals surface area contributed by atoms with Crippen molar-refractivity contribution >= 4 is 35.9 Å². The molecule has 7 heteroatoms. The molecule has 0 bridgehead atoms. The summed E-state index contributed by atoms with van der Waals surface area (Å²) in [5.74, 6) is 0. The van der Waals surface area contributed by atoms with Crippen LogP contribution < -0.4 is 5.46 Å². The van der Waals surface area contributed by atoms with Gasteiger partial charge in [-0.1, -0.05) is 29.2 Å². The average molecular weight is 242 g/mol. The Balaban J connectivity index is 2.78. The lowest BCUT2D eigenvalue weighted by Crippen LogP contribution is -2.13. The molecule has 2 aromatic rings. The van der Waals surface area contributed by atoms with E-state index in [4.69, 9.17) is 19.4 Å². The van der Waals surface area contributed by atoms with Crippen LogP contribution in [0.5, 0.6) is 0 Å². The molecular formula is C9H3BClF3N2. The quantitative estimate of drug-likeness (QED) is 0.661. The summed E-state index contributed by atoms with van der Waals surface area (Å²) in [5.41, 5.74) is -0.731. The molecule has 0 atom stereocenters. The summed E-state index contributed by atoms with van der Waals surface area (Å²) in [5, 5.41) is -0.696. The zero-order chi connectivity index (χ0) is 11.9. The molecule has 0 saturated carbocycles. The van der Waals surface area contributed by atoms with Crippen molar-refractivity contribution in [3.05, 3.63) is 29.0 Å². The molecule has 0 fully saturated rings. The number of halogens is 4. The second kappa shape index (κ2) is 3.62. The van der Waals surface area contributed by atoms with E-state index in [0.717, 1.165) is 0 Å². The number of rotatable bonds is 0. The molecule has 2 radical (unpaired) electrons. The lowest BCUT2D eigenvalue weighted by Gasteiger charge is -2.09. The van der Waals surface area contributed by atoms with Crippen LogP contribution in [0.25, 0.3) is 11.0 Å². The van der Waals surface area contributed by atoms with Crippen LogP contribution in [0.15, 0.2) is 18.2 Å². The molecule has 0 aliphatic rings. The van der Waals surface area contributed by atoms with Crippen molar-refractivity contribution in [3.8, 4) is 0 Å². The van der Waals surface area contributed by atoms with E-state index < -0.39 is 17.0 Å². The number of nitrogens with zero attached hydrogens (tertiary/aromatic N) is 2. The summed E-state index contributed by atoms with van der Waals surface area (Å²) >= 11 is 5.41. The van der Waals surface area contributed by atoms with Crippen molar-refractivity contribution in [2.75, 3.05) is 0 Å². The number of benzene rings is 1. The third-order valence-corrected chi connectivity index (χ3v) is 2.22. The molecule has 1 heterocycles. The minimum atomic E-state index is -4.62. The normalized spacial score (nSPS) is 12.0. The van der Waals surface area contributed by atoms with Gasteiger partial charge in [0.05, 0.1) is 11.0 Å². The maximum Gasteiger partial charge on any atom is 0.436 e. The topological polar surface area (TPSA) is 25.8 Å². The Morgan fingerprint density at radius 2 is 1.88 bits per heavy atom. The maximum atomic E-state index is 12.5. The molecule has 2 rings (SSSR count). The Kier molecular flexibility index (Phi) is 2.54. The first-order valence-electron chi connectivity index (χ1n) is 4.18. The summed E-state index contributed by atoms with van der Waals surface area (Å²) < 4.78 is 37.4. The van der Waals surface area contributed by atoms with Crippen LogP contribution in [0.2, 0.25) is 5.15 Å². The molecule has 0 saturated heterocycles. The average Bonchev–Trinajstić information content (AvgIpc) is 2.17. The monoisotopic (exact) mass is 242 g/mol. The van der Waals surface area contributed by atoms with Crippen LogP contribution in [0.1, 0.15) is 5.69 Å². The number of hydrogen-bond donors (Lipinski definition) is 0. The zero-order valence-corrected chi connectivity index (χ0v) is 8.47. The summed E-state index contributed by atoms with van der Waals surface area (Å²) in [6, 6.07) is 4.41. The highest BCUT2D eigenvalue weighted by molar-refractivity contribution is 6.38. The van der Waals surface area contributed by atoms with Gasteiger partial charge in [0, 0.05) is 0 Å². The number of para-hydroxylation sites is 1. The highest BCUT2D eigenvalue weighted by Gasteiger charge is 2.36. The van der Waals surface area contributed by atoms with Crippen molar-refractivity contribution < 1.29 is 13.2 Å². The van der Waals surface area contributed by atoms with Gasteiger partial charge >= 0.3 is 6.18 Å². The van der Waals surface area contributed by atoms with Crippen molar-refractivity contribution in [1.82, 2.24) is 9.97 Å². The van der Waals surface area contributed by atoms with Crippen molar-refractivity contribution in [3.63, 3.8) is 0 Å². The third kappa shape index (κ3) is 1.85. The lowest BCUT2D eigenvalue weighted by molar-refractivity contribution is -0.141. The standard InChI is InChI=1S/C9H3BClF3N2/c10-4-2-1-3-5-6(4)16-8(11)7(15-5)9(12,13)14/h1-3H. The van der Waals surface area contributed by atoms with Crippen LogP contribution in [-0.2, 0) is 6.18 Å². The largest absolute Gasteiger partial charge is 0.436 e. The molecule has 0 N–H and O–H groups in total. The number of alkyl halides is 3. The van der Waals surface area contributed by atoms with E-state index in [1.165, 1.54) is 18.2 Å². The van der Waals surface area contributed by atoms with E-state index in [2.05, 4.69) is 9.97 Å². The highest BCUT2D eigenvalue weighted by atomic mass is 35.5. The van der Waals surface area contributed by atoms with Gasteiger partial charge in [-0.3, -0.25) is 0 Å². The van der Waals surface area contributed by atoms with Crippen LogP contribution in [-0.4, -0.2) is 17.8 Å². The molecular weight excluding hydrogens is 239 g/mol. The lowest BCUT2D eigenvalue weighted by atomic mass is 9.94. The van der Waals surface area contributed by atoms with Gasteiger partial charge < -0.3 is 0 Å². The van der Waals surface area contributed by atoms with Crippen molar-refractivity contribution in [1.29, 1.82) is 0 Å². The van der Waals surface area contributed by atoms with E-state index in [9.17, 15) is 13.2 Å². The van der Waals surface area contributed by atoms with Crippen LogP contribution >= 0.6 is 11.6 Å². The van der Waals surface area contributed by atoms with E-state index in [-0.39, 0.29) is 16.5 Å². The summed E-state index contributed by atoms with van der Waals surface area (Å²) in [6.07, 6.45) is -4.62. The fourth-order valence-electron chi connectivity index (χ4n) is 1.26. The molecule has 1 aromatic heterocycles. The molecule has 16 heavy (non-hydrogen) atoms. The minimum absolute atomic E-state index is 0.0664. The molecule has 0 aliphatic carbocycles. The first kappa shape index (κ1) is 11.2. The Bertz CT molecular complexity index is 556. The van der Waals surface area contributed by atoms with Crippen LogP contribution in [0.4, 0.5) is 13.2 Å². The van der Waals surface area contributed by atoms with Gasteiger partial charge in [0.1, 0.15) is 7.85 Å². The predicted molar refractivity (Wildman–Crippen MR) is 54.9 cm³/mol. The molecule has 0 unspecified atom stereocenters. The molecule has 2 nitrogen and oxygen atoms in total. The van der Waals surface area contributed by atoms with Gasteiger partial charge in [-0.05, 0) is 6.07 Å². The molecule has 1 aromatic carbocycles. The molecule has 0 aliphatic heterocycles. The van der Waals surface area contributed by atoms with E-state index in [1.54, 1.807) is 0 Å². The smallest absolute Gasteiger partial charge is 0.239 e. The summed E-state index contributed by atoms with van der Waals surface area (Å²) in [6.45, 7) is 0. The van der Waals surface area contributed by atoms with E-state index in [0.29, 0.717) is 0 Å². The van der Waals surface area contributed by atoms with Crippen LogP contribution in [0, 0.1) is 0 Å². The second-order valence-corrected chi connectivity index (χ2v) is 3.43. The Hall–Kier alpha value is -1.30. The molecule has 0 spiro atoms. The molecule has 80 valence electrons. The Labute approximate surface area is 94.9 Å². The number of fused-ring (bicyclic) bond motifs is 1. The van der Waals surface area contributed by atoms with Gasteiger partial charge in [-0.15, -0.1) is 0 Å². The van der Waals surface area contributed by atoms with Gasteiger partial charge in [0.15, 0.2) is 10.8 Å². The third-order valence-electron chi connectivity index (χ3n) is 1.95. The fraction of sp³-hybridized carbons (Fsp3) is 0.111. The van der Waals surface area contributed by atoms with Gasteiger partial charge in [0.2, 0.25) is 0 Å². The van der Waals surface area contributed by atoms with Crippen molar-refractivity contribution in [2.45, 2.75) is 6.18 Å². The highest BCUT2D eigenvalue weighted by Crippen LogP contribution is 2.32. The minimum Gasteiger partial charge on any atom is -0.239 e. The maximum absolute atomic E-state index is 12.5. The van der Waals surface area contributed by atoms with Gasteiger partial charge in [-0.2, -0.15) is 13.2 Å². The summed E-state index contributed by atoms with van der Waals surface area (Å²) in [7, 11) is 5.54. The van der Waals surface area contributed by atoms with E-state index in [1.807, 2.05) is 0 Å². The Morgan fingerprint density at radius 3 is 2.50 bits per heavy atom. The first-order valence-corrected chi connectivity index (χ1v) is 4.56. The van der Waals surface area contributed by atoms with Gasteiger partial charge in [-0.25, -0.2) is 9.97 Å². The zero-order valence-electron chi connectivity index (χ0n) is 7.72. The number of hydrogen-bond acceptors (Lipinski definition) is 2.